The average molecular weight is 346 g/mol. The number of carbonyl (C=O) groups is 3. The number of anilines is 1. The van der Waals surface area contributed by atoms with E-state index in [4.69, 9.17) is 9.47 Å². The van der Waals surface area contributed by atoms with Gasteiger partial charge < -0.3 is 9.47 Å². The van der Waals surface area contributed by atoms with E-state index < -0.39 is 6.04 Å². The Morgan fingerprint density at radius 3 is 2.52 bits per heavy atom. The minimum Gasteiger partial charge on any atom is -0.466 e. The van der Waals surface area contributed by atoms with Gasteiger partial charge in [-0.1, -0.05) is 12.1 Å². The molecule has 1 aromatic rings. The van der Waals surface area contributed by atoms with Crippen LogP contribution in [0.15, 0.2) is 24.3 Å². The van der Waals surface area contributed by atoms with Crippen molar-refractivity contribution in [2.45, 2.75) is 25.8 Å². The maximum absolute atomic E-state index is 12.7. The van der Waals surface area contributed by atoms with Gasteiger partial charge in [-0.15, -0.1) is 0 Å². The number of nitrogens with zero attached hydrogens (tertiary/aromatic N) is 2. The molecule has 3 rings (SSSR count). The lowest BCUT2D eigenvalue weighted by Gasteiger charge is -2.30. The highest BCUT2D eigenvalue weighted by Crippen LogP contribution is 2.26. The molecule has 134 valence electrons. The van der Waals surface area contributed by atoms with Gasteiger partial charge in [-0.25, -0.2) is 4.90 Å². The van der Waals surface area contributed by atoms with E-state index in [1.807, 2.05) is 4.90 Å². The second kappa shape index (κ2) is 7.76. The first kappa shape index (κ1) is 17.6. The van der Waals surface area contributed by atoms with Crippen LogP contribution in [-0.4, -0.2) is 61.6 Å². The van der Waals surface area contributed by atoms with Gasteiger partial charge in [-0.3, -0.25) is 19.3 Å². The first-order valence-electron chi connectivity index (χ1n) is 8.53. The normalized spacial score (nSPS) is 21.6. The third kappa shape index (κ3) is 3.88. The molecule has 7 heteroatoms. The smallest absolute Gasteiger partial charge is 0.310 e. The largest absolute Gasteiger partial charge is 0.466 e. The van der Waals surface area contributed by atoms with Crippen molar-refractivity contribution in [1.82, 2.24) is 4.90 Å². The number of amides is 2. The number of ether oxygens (including phenoxy) is 2. The summed E-state index contributed by atoms with van der Waals surface area (Å²) in [6, 6.07) is 6.48. The summed E-state index contributed by atoms with van der Waals surface area (Å²) in [4.78, 5) is 39.8. The molecule has 7 nitrogen and oxygen atoms in total. The number of hydrogen-bond acceptors (Lipinski definition) is 6. The van der Waals surface area contributed by atoms with E-state index in [0.717, 1.165) is 5.56 Å². The van der Waals surface area contributed by atoms with Crippen LogP contribution < -0.4 is 4.90 Å². The Hall–Kier alpha value is -2.25. The topological polar surface area (TPSA) is 76.2 Å². The number of benzene rings is 1. The van der Waals surface area contributed by atoms with E-state index in [2.05, 4.69) is 0 Å². The Morgan fingerprint density at radius 1 is 1.20 bits per heavy atom. The molecule has 0 unspecified atom stereocenters. The van der Waals surface area contributed by atoms with Crippen LogP contribution in [0.5, 0.6) is 0 Å². The summed E-state index contributed by atoms with van der Waals surface area (Å²) in [5.41, 5.74) is 1.32. The van der Waals surface area contributed by atoms with Crippen molar-refractivity contribution < 1.29 is 23.9 Å². The van der Waals surface area contributed by atoms with Gasteiger partial charge in [0.1, 0.15) is 0 Å². The van der Waals surface area contributed by atoms with Crippen LogP contribution in [-0.2, 0) is 30.3 Å². The van der Waals surface area contributed by atoms with Crippen molar-refractivity contribution in [3.05, 3.63) is 29.8 Å². The highest BCUT2D eigenvalue weighted by Gasteiger charge is 2.42. The number of carbonyl (C=O) groups excluding carboxylic acids is 3. The molecule has 2 aliphatic rings. The Labute approximate surface area is 146 Å². The van der Waals surface area contributed by atoms with E-state index in [1.54, 1.807) is 31.2 Å². The summed E-state index contributed by atoms with van der Waals surface area (Å²) in [7, 11) is 0. The summed E-state index contributed by atoms with van der Waals surface area (Å²) in [6.07, 6.45) is 0.371. The predicted molar refractivity (Wildman–Crippen MR) is 90.1 cm³/mol. The van der Waals surface area contributed by atoms with Gasteiger partial charge in [0.2, 0.25) is 5.91 Å². The average Bonchev–Trinajstić information content (AvgIpc) is 2.91. The summed E-state index contributed by atoms with van der Waals surface area (Å²) >= 11 is 0. The SMILES string of the molecule is CCOC(=O)Cc1ccc(N2C(=O)C[C@H](N3CCOCC3)C2=O)cc1. The molecule has 0 N–H and O–H groups in total. The molecule has 0 aromatic heterocycles. The van der Waals surface area contributed by atoms with Gasteiger partial charge in [0.15, 0.2) is 0 Å². The molecule has 2 amide bonds. The zero-order valence-electron chi connectivity index (χ0n) is 14.3. The van der Waals surface area contributed by atoms with Crippen LogP contribution in [0.4, 0.5) is 5.69 Å². The summed E-state index contributed by atoms with van der Waals surface area (Å²) in [5, 5.41) is 0. The molecule has 25 heavy (non-hydrogen) atoms. The van der Waals surface area contributed by atoms with Crippen molar-refractivity contribution in [3.8, 4) is 0 Å². The minimum atomic E-state index is -0.407. The van der Waals surface area contributed by atoms with Gasteiger partial charge >= 0.3 is 5.97 Å². The number of imide groups is 1. The Kier molecular flexibility index (Phi) is 5.45. The van der Waals surface area contributed by atoms with Gasteiger partial charge in [-0.2, -0.15) is 0 Å². The highest BCUT2D eigenvalue weighted by atomic mass is 16.5. The van der Waals surface area contributed by atoms with Crippen molar-refractivity contribution >= 4 is 23.5 Å². The van der Waals surface area contributed by atoms with Crippen LogP contribution in [0.3, 0.4) is 0 Å². The molecular weight excluding hydrogens is 324 g/mol. The maximum atomic E-state index is 12.7. The minimum absolute atomic E-state index is 0.173. The van der Waals surface area contributed by atoms with Crippen LogP contribution in [0.25, 0.3) is 0 Å². The molecule has 2 fully saturated rings. The van der Waals surface area contributed by atoms with E-state index in [-0.39, 0.29) is 30.6 Å². The van der Waals surface area contributed by atoms with E-state index in [0.29, 0.717) is 38.6 Å². The Balaban J connectivity index is 1.69. The molecule has 0 aliphatic carbocycles. The Bertz CT molecular complexity index is 652. The van der Waals surface area contributed by atoms with Crippen LogP contribution in [0.1, 0.15) is 18.9 Å². The molecule has 0 saturated carbocycles. The fraction of sp³-hybridized carbons (Fsp3) is 0.500. The fourth-order valence-electron chi connectivity index (χ4n) is 3.20. The number of esters is 1. The third-order valence-electron chi connectivity index (χ3n) is 4.46. The summed E-state index contributed by atoms with van der Waals surface area (Å²) in [5.74, 6) is -0.680. The molecule has 1 atom stereocenters. The maximum Gasteiger partial charge on any atom is 0.310 e. The van der Waals surface area contributed by atoms with E-state index in [9.17, 15) is 14.4 Å². The molecule has 2 saturated heterocycles. The monoisotopic (exact) mass is 346 g/mol. The molecule has 0 bridgehead atoms. The number of hydrogen-bond donors (Lipinski definition) is 0. The number of morpholine rings is 1. The molecule has 2 heterocycles. The van der Waals surface area contributed by atoms with E-state index in [1.165, 1.54) is 4.90 Å². The van der Waals surface area contributed by atoms with Gasteiger partial charge in [0, 0.05) is 13.1 Å². The zero-order valence-corrected chi connectivity index (χ0v) is 14.3. The second-order valence-electron chi connectivity index (χ2n) is 6.08. The van der Waals surface area contributed by atoms with Crippen molar-refractivity contribution in [2.75, 3.05) is 37.8 Å². The molecule has 0 spiro atoms. The first-order valence-corrected chi connectivity index (χ1v) is 8.53. The van der Waals surface area contributed by atoms with Gasteiger partial charge in [0.05, 0.1) is 44.4 Å². The second-order valence-corrected chi connectivity index (χ2v) is 6.08. The van der Waals surface area contributed by atoms with Crippen molar-refractivity contribution in [3.63, 3.8) is 0 Å². The third-order valence-corrected chi connectivity index (χ3v) is 4.46. The molecular formula is C18H22N2O5. The first-order chi connectivity index (χ1) is 12.1. The van der Waals surface area contributed by atoms with E-state index >= 15 is 0 Å². The van der Waals surface area contributed by atoms with Crippen LogP contribution >= 0.6 is 0 Å². The standard InChI is InChI=1S/C18H22N2O5/c1-2-25-17(22)11-13-3-5-14(6-4-13)20-16(21)12-15(18(20)23)19-7-9-24-10-8-19/h3-6,15H,2,7-12H2,1H3/t15-/m0/s1. The highest BCUT2D eigenvalue weighted by molar-refractivity contribution is 6.22. The lowest BCUT2D eigenvalue weighted by Crippen LogP contribution is -2.47. The summed E-state index contributed by atoms with van der Waals surface area (Å²) in [6.45, 7) is 4.60. The van der Waals surface area contributed by atoms with Crippen LogP contribution in [0, 0.1) is 0 Å². The fourth-order valence-corrected chi connectivity index (χ4v) is 3.20. The Morgan fingerprint density at radius 2 is 1.88 bits per heavy atom. The van der Waals surface area contributed by atoms with Crippen molar-refractivity contribution in [1.29, 1.82) is 0 Å². The van der Waals surface area contributed by atoms with Crippen molar-refractivity contribution in [2.24, 2.45) is 0 Å². The predicted octanol–water partition coefficient (Wildman–Crippen LogP) is 0.756. The van der Waals surface area contributed by atoms with Crippen LogP contribution in [0.2, 0.25) is 0 Å². The number of rotatable bonds is 5. The quantitative estimate of drug-likeness (QED) is 0.579. The van der Waals surface area contributed by atoms with Gasteiger partial charge in [0.25, 0.3) is 5.91 Å². The lowest BCUT2D eigenvalue weighted by atomic mass is 10.1. The molecule has 1 aromatic carbocycles. The van der Waals surface area contributed by atoms with Gasteiger partial charge in [-0.05, 0) is 24.6 Å². The summed E-state index contributed by atoms with van der Waals surface area (Å²) < 4.78 is 10.2. The molecule has 0 radical (unpaired) electrons. The lowest BCUT2D eigenvalue weighted by molar-refractivity contribution is -0.142. The molecule has 2 aliphatic heterocycles. The zero-order chi connectivity index (χ0) is 17.8.